The number of halogens is 1. The highest BCUT2D eigenvalue weighted by Crippen LogP contribution is 2.38. The number of nitrogens with one attached hydrogen (secondary N) is 1. The topological polar surface area (TPSA) is 44.7 Å². The summed E-state index contributed by atoms with van der Waals surface area (Å²) in [6, 6.07) is 11.0. The normalized spacial score (nSPS) is 20.5. The van der Waals surface area contributed by atoms with Crippen LogP contribution >= 0.6 is 11.6 Å². The van der Waals surface area contributed by atoms with Gasteiger partial charge in [-0.25, -0.2) is 0 Å². The number of ether oxygens (including phenoxy) is 1. The Balaban J connectivity index is 0.00000124. The van der Waals surface area contributed by atoms with E-state index in [1.54, 1.807) is 0 Å². The number of likely N-dealkylation sites (tertiary alicyclic amines) is 1. The highest BCUT2D eigenvalue weighted by atomic mass is 35.5. The number of piperidine rings is 1. The van der Waals surface area contributed by atoms with E-state index < -0.39 is 0 Å². The summed E-state index contributed by atoms with van der Waals surface area (Å²) in [6.45, 7) is 10.2. The number of fused-ring (bicyclic) bond motifs is 1. The van der Waals surface area contributed by atoms with Crippen molar-refractivity contribution in [1.29, 1.82) is 0 Å². The van der Waals surface area contributed by atoms with Gasteiger partial charge in [-0.15, -0.1) is 0 Å². The van der Waals surface area contributed by atoms with Crippen molar-refractivity contribution in [3.05, 3.63) is 40.9 Å². The molecule has 2 aromatic rings. The first-order valence-corrected chi connectivity index (χ1v) is 11.9. The lowest BCUT2D eigenvalue weighted by atomic mass is 10.0. The van der Waals surface area contributed by atoms with E-state index in [4.69, 9.17) is 16.3 Å². The minimum Gasteiger partial charge on any atom is -0.491 e. The first-order chi connectivity index (χ1) is 14.6. The van der Waals surface area contributed by atoms with E-state index in [1.807, 2.05) is 20.8 Å². The molecule has 0 bridgehead atoms. The predicted molar refractivity (Wildman–Crippen MR) is 127 cm³/mol. The quantitative estimate of drug-likeness (QED) is 0.598. The lowest BCUT2D eigenvalue weighted by molar-refractivity contribution is 0.153. The number of hydrogen-bond donors (Lipinski definition) is 2. The molecule has 2 N–H and O–H groups in total. The maximum absolute atomic E-state index is 9.54. The van der Waals surface area contributed by atoms with Crippen LogP contribution in [0.1, 0.15) is 52.0 Å². The van der Waals surface area contributed by atoms with Crippen LogP contribution in [0.3, 0.4) is 0 Å². The molecule has 1 saturated heterocycles. The molecular formula is C25H37ClN2O2. The van der Waals surface area contributed by atoms with Crippen LogP contribution in [0, 0.1) is 5.92 Å². The molecule has 1 aliphatic carbocycles. The van der Waals surface area contributed by atoms with Crippen molar-refractivity contribution < 1.29 is 9.84 Å². The van der Waals surface area contributed by atoms with Crippen LogP contribution in [0.4, 0.5) is 0 Å². The second kappa shape index (κ2) is 11.3. The summed E-state index contributed by atoms with van der Waals surface area (Å²) in [5.41, 5.74) is 1.26. The molecule has 2 unspecified atom stereocenters. The first kappa shape index (κ1) is 23.3. The highest BCUT2D eigenvalue weighted by Gasteiger charge is 2.24. The standard InChI is InChI=1S/C23H31ClN2O2.C2H6/c1-16(27)12-25-19-5-4-10-26(14-19)13-18-11-22(24)23(28-15-17-8-9-17)21-7-3-2-6-20(18)21;1-2/h2-3,6-7,11,16-17,19,25,27H,4-5,8-10,12-15H2,1H3;1-2H3. The van der Waals surface area contributed by atoms with Crippen LogP contribution in [0.5, 0.6) is 5.75 Å². The molecule has 2 aromatic carbocycles. The maximum atomic E-state index is 9.54. The largest absolute Gasteiger partial charge is 0.491 e. The smallest absolute Gasteiger partial charge is 0.145 e. The first-order valence-electron chi connectivity index (χ1n) is 11.6. The van der Waals surface area contributed by atoms with Gasteiger partial charge >= 0.3 is 0 Å². The molecule has 2 atom stereocenters. The molecule has 5 heteroatoms. The minimum absolute atomic E-state index is 0.304. The Kier molecular flexibility index (Phi) is 8.82. The van der Waals surface area contributed by atoms with Crippen molar-refractivity contribution in [3.8, 4) is 5.75 Å². The molecule has 2 aliphatic rings. The second-order valence-electron chi connectivity index (χ2n) is 8.48. The third-order valence-electron chi connectivity index (χ3n) is 5.80. The highest BCUT2D eigenvalue weighted by molar-refractivity contribution is 6.33. The van der Waals surface area contributed by atoms with E-state index in [-0.39, 0.29) is 6.10 Å². The summed E-state index contributed by atoms with van der Waals surface area (Å²) < 4.78 is 6.11. The van der Waals surface area contributed by atoms with Gasteiger partial charge in [0.2, 0.25) is 0 Å². The summed E-state index contributed by atoms with van der Waals surface area (Å²) in [5, 5.41) is 16.1. The van der Waals surface area contributed by atoms with E-state index in [2.05, 4.69) is 40.5 Å². The number of aliphatic hydroxyl groups is 1. The van der Waals surface area contributed by atoms with Gasteiger partial charge in [0.1, 0.15) is 5.75 Å². The summed E-state index contributed by atoms with van der Waals surface area (Å²) in [6.07, 6.45) is 4.57. The zero-order chi connectivity index (χ0) is 21.5. The minimum atomic E-state index is -0.304. The summed E-state index contributed by atoms with van der Waals surface area (Å²) >= 11 is 6.66. The monoisotopic (exact) mass is 432 g/mol. The van der Waals surface area contributed by atoms with E-state index in [0.29, 0.717) is 18.5 Å². The SMILES string of the molecule is CC.CC(O)CNC1CCCN(Cc2cc(Cl)c(OCC3CC3)c3ccccc23)C1. The molecule has 0 aromatic heterocycles. The molecule has 1 heterocycles. The number of benzene rings is 2. The number of nitrogens with zero attached hydrogens (tertiary/aromatic N) is 1. The average molecular weight is 433 g/mol. The van der Waals surface area contributed by atoms with Crippen LogP contribution in [0.2, 0.25) is 5.02 Å². The molecule has 4 rings (SSSR count). The fraction of sp³-hybridized carbons (Fsp3) is 0.600. The van der Waals surface area contributed by atoms with Crippen molar-refractivity contribution in [2.75, 3.05) is 26.2 Å². The zero-order valence-electron chi connectivity index (χ0n) is 18.7. The van der Waals surface area contributed by atoms with Gasteiger partial charge in [-0.05, 0) is 62.1 Å². The average Bonchev–Trinajstić information content (AvgIpc) is 3.58. The maximum Gasteiger partial charge on any atom is 0.145 e. The Hall–Kier alpha value is -1.33. The summed E-state index contributed by atoms with van der Waals surface area (Å²) in [5.74, 6) is 1.54. The van der Waals surface area contributed by atoms with Crippen LogP contribution < -0.4 is 10.1 Å². The van der Waals surface area contributed by atoms with Gasteiger partial charge in [0.05, 0.1) is 17.7 Å². The van der Waals surface area contributed by atoms with Crippen LogP contribution in [0.25, 0.3) is 10.8 Å². The fourth-order valence-electron chi connectivity index (χ4n) is 4.09. The molecule has 0 spiro atoms. The molecule has 166 valence electrons. The molecule has 1 aliphatic heterocycles. The van der Waals surface area contributed by atoms with Gasteiger partial charge in [-0.1, -0.05) is 49.7 Å². The fourth-order valence-corrected chi connectivity index (χ4v) is 4.38. The molecule has 0 radical (unpaired) electrons. The molecule has 30 heavy (non-hydrogen) atoms. The number of rotatable bonds is 8. The zero-order valence-corrected chi connectivity index (χ0v) is 19.4. The van der Waals surface area contributed by atoms with Crippen molar-refractivity contribution in [2.24, 2.45) is 5.92 Å². The Labute approximate surface area is 186 Å². The third-order valence-corrected chi connectivity index (χ3v) is 6.08. The van der Waals surface area contributed by atoms with E-state index in [0.717, 1.165) is 42.4 Å². The van der Waals surface area contributed by atoms with Crippen molar-refractivity contribution >= 4 is 22.4 Å². The van der Waals surface area contributed by atoms with Crippen LogP contribution in [0.15, 0.2) is 30.3 Å². The van der Waals surface area contributed by atoms with Crippen LogP contribution in [-0.2, 0) is 6.54 Å². The van der Waals surface area contributed by atoms with Crippen molar-refractivity contribution in [2.45, 2.75) is 65.1 Å². The second-order valence-corrected chi connectivity index (χ2v) is 8.89. The molecule has 1 saturated carbocycles. The van der Waals surface area contributed by atoms with Crippen molar-refractivity contribution in [3.63, 3.8) is 0 Å². The predicted octanol–water partition coefficient (Wildman–Crippen LogP) is 5.24. The number of hydrogen-bond acceptors (Lipinski definition) is 4. The van der Waals surface area contributed by atoms with Gasteiger partial charge in [0, 0.05) is 31.1 Å². The van der Waals surface area contributed by atoms with E-state index in [1.165, 1.54) is 36.6 Å². The lowest BCUT2D eigenvalue weighted by Crippen LogP contribution is -2.46. The Morgan fingerprint density at radius 1 is 1.20 bits per heavy atom. The van der Waals surface area contributed by atoms with Gasteiger partial charge in [0.25, 0.3) is 0 Å². The Morgan fingerprint density at radius 2 is 1.93 bits per heavy atom. The molecule has 2 fully saturated rings. The Morgan fingerprint density at radius 3 is 2.63 bits per heavy atom. The summed E-state index contributed by atoms with van der Waals surface area (Å²) in [4.78, 5) is 2.49. The molecule has 4 nitrogen and oxygen atoms in total. The lowest BCUT2D eigenvalue weighted by Gasteiger charge is -2.34. The molecular weight excluding hydrogens is 396 g/mol. The third kappa shape index (κ3) is 6.34. The van der Waals surface area contributed by atoms with E-state index >= 15 is 0 Å². The van der Waals surface area contributed by atoms with Gasteiger partial charge in [0.15, 0.2) is 0 Å². The Bertz CT molecular complexity index is 807. The number of aliphatic hydroxyl groups excluding tert-OH is 1. The van der Waals surface area contributed by atoms with Crippen LogP contribution in [-0.4, -0.2) is 48.4 Å². The van der Waals surface area contributed by atoms with E-state index in [9.17, 15) is 5.11 Å². The van der Waals surface area contributed by atoms with Crippen molar-refractivity contribution in [1.82, 2.24) is 10.2 Å². The van der Waals surface area contributed by atoms with Gasteiger partial charge < -0.3 is 15.2 Å². The van der Waals surface area contributed by atoms with Gasteiger partial charge in [-0.2, -0.15) is 0 Å². The van der Waals surface area contributed by atoms with Gasteiger partial charge in [-0.3, -0.25) is 4.90 Å². The molecule has 0 amide bonds. The summed E-state index contributed by atoms with van der Waals surface area (Å²) in [7, 11) is 0.